The van der Waals surface area contributed by atoms with Gasteiger partial charge in [-0.3, -0.25) is 0 Å². The zero-order valence-electron chi connectivity index (χ0n) is 6.25. The Morgan fingerprint density at radius 3 is 2.92 bits per heavy atom. The lowest BCUT2D eigenvalue weighted by Gasteiger charge is -2.05. The van der Waals surface area contributed by atoms with Gasteiger partial charge in [0.15, 0.2) is 0 Å². The molecule has 0 aromatic carbocycles. The normalized spacial score (nSPS) is 12.8. The molecule has 66 valence electrons. The molecule has 0 radical (unpaired) electrons. The molecule has 1 aromatic heterocycles. The van der Waals surface area contributed by atoms with E-state index in [9.17, 15) is 9.90 Å². The lowest BCUT2D eigenvalue weighted by atomic mass is 10.2. The monoisotopic (exact) mass is 249 g/mol. The molecule has 12 heavy (non-hydrogen) atoms. The van der Waals surface area contributed by atoms with Crippen molar-refractivity contribution in [3.63, 3.8) is 0 Å². The molecule has 3 N–H and O–H groups in total. The highest BCUT2D eigenvalue weighted by atomic mass is 79.9. The Morgan fingerprint density at radius 1 is 1.83 bits per heavy atom. The fraction of sp³-hybridized carbons (Fsp3) is 0.286. The van der Waals surface area contributed by atoms with E-state index in [4.69, 9.17) is 0 Å². The SMILES string of the molecule is [NH3+][C@H](CC(=O)[O-])c1cc(Br)cs1. The minimum absolute atomic E-state index is 0.0209. The van der Waals surface area contributed by atoms with Gasteiger partial charge in [-0.1, -0.05) is 0 Å². The van der Waals surface area contributed by atoms with Crippen LogP contribution in [0.15, 0.2) is 15.9 Å². The molecule has 0 aliphatic rings. The molecule has 0 saturated heterocycles. The zero-order chi connectivity index (χ0) is 9.14. The van der Waals surface area contributed by atoms with Crippen LogP contribution in [0, 0.1) is 0 Å². The van der Waals surface area contributed by atoms with Crippen LogP contribution in [-0.2, 0) is 4.79 Å². The van der Waals surface area contributed by atoms with E-state index in [0.717, 1.165) is 9.35 Å². The molecule has 0 bridgehead atoms. The van der Waals surface area contributed by atoms with Gasteiger partial charge in [0.05, 0.1) is 4.88 Å². The third-order valence-corrected chi connectivity index (χ3v) is 3.26. The Morgan fingerprint density at radius 2 is 2.50 bits per heavy atom. The summed E-state index contributed by atoms with van der Waals surface area (Å²) in [5, 5.41) is 12.1. The number of quaternary nitrogens is 1. The average Bonchev–Trinajstić information content (AvgIpc) is 2.34. The smallest absolute Gasteiger partial charge is 0.125 e. The zero-order valence-corrected chi connectivity index (χ0v) is 8.65. The van der Waals surface area contributed by atoms with Gasteiger partial charge in [0.2, 0.25) is 0 Å². The largest absolute Gasteiger partial charge is 0.550 e. The molecular formula is C7H8BrNO2S. The van der Waals surface area contributed by atoms with Crippen molar-refractivity contribution in [1.29, 1.82) is 0 Å². The summed E-state index contributed by atoms with van der Waals surface area (Å²) in [7, 11) is 0. The minimum atomic E-state index is -1.06. The van der Waals surface area contributed by atoms with Gasteiger partial charge >= 0.3 is 0 Å². The van der Waals surface area contributed by atoms with Crippen molar-refractivity contribution < 1.29 is 15.6 Å². The molecule has 5 heteroatoms. The van der Waals surface area contributed by atoms with E-state index in [2.05, 4.69) is 21.7 Å². The Labute approximate surface area is 82.3 Å². The Hall–Kier alpha value is -0.390. The van der Waals surface area contributed by atoms with E-state index in [1.54, 1.807) is 0 Å². The number of carboxylic acid groups (broad SMARTS) is 1. The van der Waals surface area contributed by atoms with Crippen LogP contribution in [0.5, 0.6) is 0 Å². The summed E-state index contributed by atoms with van der Waals surface area (Å²) in [5.41, 5.74) is 3.73. The second-order valence-corrected chi connectivity index (χ2v) is 4.30. The van der Waals surface area contributed by atoms with Gasteiger partial charge in [-0.05, 0) is 22.0 Å². The van der Waals surface area contributed by atoms with Crippen LogP contribution in [0.2, 0.25) is 0 Å². The van der Waals surface area contributed by atoms with Crippen LogP contribution in [0.25, 0.3) is 0 Å². The Kier molecular flexibility index (Phi) is 3.25. The topological polar surface area (TPSA) is 67.8 Å². The van der Waals surface area contributed by atoms with Crippen LogP contribution in [0.3, 0.4) is 0 Å². The van der Waals surface area contributed by atoms with Crippen LogP contribution in [-0.4, -0.2) is 5.97 Å². The van der Waals surface area contributed by atoms with Crippen LogP contribution in [0.1, 0.15) is 17.3 Å². The summed E-state index contributed by atoms with van der Waals surface area (Å²) < 4.78 is 0.967. The molecule has 1 atom stereocenters. The lowest BCUT2D eigenvalue weighted by molar-refractivity contribution is -0.429. The number of thiophene rings is 1. The molecule has 1 rings (SSSR count). The van der Waals surface area contributed by atoms with Gasteiger partial charge in [0.25, 0.3) is 0 Å². The van der Waals surface area contributed by atoms with E-state index < -0.39 is 5.97 Å². The van der Waals surface area contributed by atoms with Crippen LogP contribution in [0.4, 0.5) is 0 Å². The highest BCUT2D eigenvalue weighted by molar-refractivity contribution is 9.10. The molecule has 0 amide bonds. The first-order valence-electron chi connectivity index (χ1n) is 3.36. The minimum Gasteiger partial charge on any atom is -0.550 e. The second kappa shape index (κ2) is 4.02. The molecule has 0 fully saturated rings. The summed E-state index contributed by atoms with van der Waals surface area (Å²) in [6.07, 6.45) is -0.0209. The standard InChI is InChI=1S/C7H8BrNO2S/c8-4-1-6(12-3-4)5(9)2-7(10)11/h1,3,5H,2,9H2,(H,10,11)/t5-/m1/s1. The predicted octanol–water partition coefficient (Wildman–Crippen LogP) is -0.0664. The van der Waals surface area contributed by atoms with E-state index in [0.29, 0.717) is 0 Å². The van der Waals surface area contributed by atoms with Gasteiger partial charge in [-0.2, -0.15) is 0 Å². The van der Waals surface area contributed by atoms with Crippen molar-refractivity contribution in [2.75, 3.05) is 0 Å². The quantitative estimate of drug-likeness (QED) is 0.816. The van der Waals surface area contributed by atoms with Gasteiger partial charge < -0.3 is 15.6 Å². The molecule has 3 nitrogen and oxygen atoms in total. The number of hydrogen-bond acceptors (Lipinski definition) is 3. The van der Waals surface area contributed by atoms with Gasteiger partial charge in [-0.15, -0.1) is 11.3 Å². The van der Waals surface area contributed by atoms with Crippen molar-refractivity contribution in [1.82, 2.24) is 0 Å². The number of carboxylic acids is 1. The first-order valence-corrected chi connectivity index (χ1v) is 5.03. The van der Waals surface area contributed by atoms with Gasteiger partial charge in [0.1, 0.15) is 6.04 Å². The van der Waals surface area contributed by atoms with Crippen molar-refractivity contribution >= 4 is 33.2 Å². The summed E-state index contributed by atoms with van der Waals surface area (Å²) in [5.74, 6) is -1.06. The Bertz CT molecular complexity index is 287. The summed E-state index contributed by atoms with van der Waals surface area (Å²) in [6.45, 7) is 0. The number of carbonyl (C=O) groups excluding carboxylic acids is 1. The third kappa shape index (κ3) is 2.58. The van der Waals surface area contributed by atoms with Gasteiger partial charge in [0, 0.05) is 22.2 Å². The molecule has 0 spiro atoms. The highest BCUT2D eigenvalue weighted by Gasteiger charge is 2.11. The van der Waals surface area contributed by atoms with Crippen molar-refractivity contribution in [2.45, 2.75) is 12.5 Å². The average molecular weight is 250 g/mol. The Balaban J connectivity index is 2.64. The number of hydrogen-bond donors (Lipinski definition) is 1. The number of carbonyl (C=O) groups is 1. The fourth-order valence-corrected chi connectivity index (χ4v) is 2.31. The second-order valence-electron chi connectivity index (χ2n) is 2.44. The molecule has 0 unspecified atom stereocenters. The van der Waals surface area contributed by atoms with Crippen molar-refractivity contribution in [3.05, 3.63) is 20.8 Å². The van der Waals surface area contributed by atoms with E-state index in [1.807, 2.05) is 11.4 Å². The maximum atomic E-state index is 10.2. The lowest BCUT2D eigenvalue weighted by Crippen LogP contribution is -2.55. The van der Waals surface area contributed by atoms with Crippen molar-refractivity contribution in [2.24, 2.45) is 0 Å². The van der Waals surface area contributed by atoms with Crippen molar-refractivity contribution in [3.8, 4) is 0 Å². The maximum Gasteiger partial charge on any atom is 0.125 e. The van der Waals surface area contributed by atoms with Crippen LogP contribution < -0.4 is 10.8 Å². The summed E-state index contributed by atoms with van der Waals surface area (Å²) in [4.78, 5) is 11.2. The van der Waals surface area contributed by atoms with Gasteiger partial charge in [-0.25, -0.2) is 0 Å². The first-order chi connectivity index (χ1) is 5.59. The number of rotatable bonds is 3. The molecule has 1 heterocycles. The van der Waals surface area contributed by atoms with Crippen LogP contribution >= 0.6 is 27.3 Å². The molecule has 0 aliphatic carbocycles. The third-order valence-electron chi connectivity index (χ3n) is 1.40. The fourth-order valence-electron chi connectivity index (χ4n) is 0.844. The molecule has 1 aromatic rings. The first kappa shape index (κ1) is 9.70. The molecular weight excluding hydrogens is 242 g/mol. The summed E-state index contributed by atoms with van der Waals surface area (Å²) in [6, 6.07) is 1.68. The van der Waals surface area contributed by atoms with E-state index in [-0.39, 0.29) is 12.5 Å². The van der Waals surface area contributed by atoms with E-state index in [1.165, 1.54) is 11.3 Å². The van der Waals surface area contributed by atoms with E-state index >= 15 is 0 Å². The highest BCUT2D eigenvalue weighted by Crippen LogP contribution is 2.24. The maximum absolute atomic E-state index is 10.2. The predicted molar refractivity (Wildman–Crippen MR) is 47.3 cm³/mol. The summed E-state index contributed by atoms with van der Waals surface area (Å²) >= 11 is 4.79. The number of aliphatic carboxylic acids is 1. The molecule has 0 aliphatic heterocycles. The molecule has 0 saturated carbocycles. The number of halogens is 1.